The summed E-state index contributed by atoms with van der Waals surface area (Å²) in [6.07, 6.45) is 0.237. The Labute approximate surface area is 183 Å². The van der Waals surface area contributed by atoms with E-state index in [9.17, 15) is 19.7 Å². The fraction of sp³-hybridized carbons (Fsp3) is 0.300. The Morgan fingerprint density at radius 1 is 1.07 bits per heavy atom. The van der Waals surface area contributed by atoms with Gasteiger partial charge in [-0.05, 0) is 23.8 Å². The van der Waals surface area contributed by atoms with Crippen LogP contribution in [0.2, 0.25) is 10.0 Å². The van der Waals surface area contributed by atoms with Gasteiger partial charge in [-0.15, -0.1) is 0 Å². The molecular weight excluding hydrogens is 431 g/mol. The maximum atomic E-state index is 12.5. The first-order chi connectivity index (χ1) is 14.3. The molecule has 3 rings (SSSR count). The van der Waals surface area contributed by atoms with E-state index in [0.29, 0.717) is 31.2 Å². The first kappa shape index (κ1) is 22.0. The average molecular weight is 451 g/mol. The SMILES string of the molecule is O=C(CN1CCN(C(=O)Cc2ccccc2Cl)CC1)Nc1ccc(Cl)cc1[N+](=O)[O-]. The quantitative estimate of drug-likeness (QED) is 0.538. The van der Waals surface area contributed by atoms with Crippen LogP contribution in [-0.2, 0) is 16.0 Å². The second-order valence-corrected chi connectivity index (χ2v) is 7.74. The number of carbonyl (C=O) groups excluding carboxylic acids is 2. The average Bonchev–Trinajstić information content (AvgIpc) is 2.71. The van der Waals surface area contributed by atoms with Crippen molar-refractivity contribution in [1.29, 1.82) is 0 Å². The van der Waals surface area contributed by atoms with Crippen molar-refractivity contribution >= 4 is 46.4 Å². The first-order valence-corrected chi connectivity index (χ1v) is 10.1. The molecule has 0 unspecified atom stereocenters. The van der Waals surface area contributed by atoms with Crippen LogP contribution in [0, 0.1) is 10.1 Å². The summed E-state index contributed by atoms with van der Waals surface area (Å²) in [5, 5.41) is 14.5. The molecule has 0 spiro atoms. The van der Waals surface area contributed by atoms with Crippen molar-refractivity contribution in [2.75, 3.05) is 38.0 Å². The number of nitro benzene ring substituents is 1. The number of nitrogens with one attached hydrogen (secondary N) is 1. The summed E-state index contributed by atoms with van der Waals surface area (Å²) >= 11 is 11.9. The first-order valence-electron chi connectivity index (χ1n) is 9.31. The van der Waals surface area contributed by atoms with E-state index in [1.807, 2.05) is 23.1 Å². The van der Waals surface area contributed by atoms with Crippen molar-refractivity contribution in [1.82, 2.24) is 9.80 Å². The number of benzene rings is 2. The number of amides is 2. The molecule has 0 bridgehead atoms. The molecule has 1 heterocycles. The third-order valence-electron chi connectivity index (χ3n) is 4.82. The summed E-state index contributed by atoms with van der Waals surface area (Å²) < 4.78 is 0. The third kappa shape index (κ3) is 5.69. The van der Waals surface area contributed by atoms with E-state index >= 15 is 0 Å². The summed E-state index contributed by atoms with van der Waals surface area (Å²) in [5.41, 5.74) is 0.629. The van der Waals surface area contributed by atoms with Gasteiger partial charge in [-0.3, -0.25) is 24.6 Å². The lowest BCUT2D eigenvalue weighted by Gasteiger charge is -2.34. The van der Waals surface area contributed by atoms with Crippen LogP contribution in [0.4, 0.5) is 11.4 Å². The van der Waals surface area contributed by atoms with E-state index in [-0.39, 0.29) is 41.2 Å². The summed E-state index contributed by atoms with van der Waals surface area (Å²) in [6.45, 7) is 2.14. The molecule has 1 N–H and O–H groups in total. The second kappa shape index (κ2) is 9.88. The molecule has 0 aliphatic carbocycles. The Kier molecular flexibility index (Phi) is 7.25. The van der Waals surface area contributed by atoms with Crippen LogP contribution in [0.15, 0.2) is 42.5 Å². The van der Waals surface area contributed by atoms with E-state index in [4.69, 9.17) is 23.2 Å². The van der Waals surface area contributed by atoms with Crippen molar-refractivity contribution < 1.29 is 14.5 Å². The minimum atomic E-state index is -0.592. The number of hydrogen-bond donors (Lipinski definition) is 1. The highest BCUT2D eigenvalue weighted by Gasteiger charge is 2.24. The number of nitrogens with zero attached hydrogens (tertiary/aromatic N) is 3. The van der Waals surface area contributed by atoms with E-state index in [0.717, 1.165) is 5.56 Å². The van der Waals surface area contributed by atoms with E-state index in [1.54, 1.807) is 11.0 Å². The molecule has 1 saturated heterocycles. The standard InChI is InChI=1S/C20H20Cl2N4O4/c21-15-5-6-17(18(12-15)26(29)30)23-19(27)13-24-7-9-25(10-8-24)20(28)11-14-3-1-2-4-16(14)22/h1-6,12H,7-11,13H2,(H,23,27). The van der Waals surface area contributed by atoms with E-state index in [2.05, 4.69) is 5.32 Å². The molecule has 10 heteroatoms. The van der Waals surface area contributed by atoms with Crippen molar-refractivity contribution in [3.8, 4) is 0 Å². The largest absolute Gasteiger partial charge is 0.340 e. The monoisotopic (exact) mass is 450 g/mol. The van der Waals surface area contributed by atoms with Crippen molar-refractivity contribution in [3.63, 3.8) is 0 Å². The maximum Gasteiger partial charge on any atom is 0.294 e. The van der Waals surface area contributed by atoms with Crippen LogP contribution in [0.1, 0.15) is 5.56 Å². The van der Waals surface area contributed by atoms with Gasteiger partial charge >= 0.3 is 0 Å². The summed E-state index contributed by atoms with van der Waals surface area (Å²) in [7, 11) is 0. The predicted octanol–water partition coefficient (Wildman–Crippen LogP) is 3.23. The lowest BCUT2D eigenvalue weighted by Crippen LogP contribution is -2.50. The van der Waals surface area contributed by atoms with Crippen LogP contribution in [0.3, 0.4) is 0 Å². The molecule has 2 amide bonds. The van der Waals surface area contributed by atoms with Gasteiger partial charge < -0.3 is 10.2 Å². The van der Waals surface area contributed by atoms with Gasteiger partial charge in [0.2, 0.25) is 11.8 Å². The normalized spacial score (nSPS) is 14.4. The lowest BCUT2D eigenvalue weighted by molar-refractivity contribution is -0.383. The number of rotatable bonds is 6. The smallest absolute Gasteiger partial charge is 0.294 e. The molecule has 1 aliphatic rings. The van der Waals surface area contributed by atoms with Crippen molar-refractivity contribution in [3.05, 3.63) is 68.2 Å². The van der Waals surface area contributed by atoms with Crippen LogP contribution >= 0.6 is 23.2 Å². The summed E-state index contributed by atoms with van der Waals surface area (Å²) in [5.74, 6) is -0.375. The molecule has 1 fully saturated rings. The van der Waals surface area contributed by atoms with Gasteiger partial charge in [0.1, 0.15) is 5.69 Å². The highest BCUT2D eigenvalue weighted by molar-refractivity contribution is 6.31. The number of hydrogen-bond acceptors (Lipinski definition) is 5. The molecular formula is C20H20Cl2N4O4. The Bertz CT molecular complexity index is 962. The van der Waals surface area contributed by atoms with Gasteiger partial charge in [-0.25, -0.2) is 0 Å². The highest BCUT2D eigenvalue weighted by Crippen LogP contribution is 2.27. The molecule has 2 aromatic carbocycles. The summed E-state index contributed by atoms with van der Waals surface area (Å²) in [6, 6.07) is 11.3. The Morgan fingerprint density at radius 3 is 2.43 bits per heavy atom. The van der Waals surface area contributed by atoms with E-state index < -0.39 is 4.92 Å². The fourth-order valence-electron chi connectivity index (χ4n) is 3.23. The Balaban J connectivity index is 1.50. The molecule has 8 nitrogen and oxygen atoms in total. The number of piperazine rings is 1. The molecule has 1 aliphatic heterocycles. The fourth-order valence-corrected chi connectivity index (χ4v) is 3.60. The molecule has 0 radical (unpaired) electrons. The minimum Gasteiger partial charge on any atom is -0.340 e. The van der Waals surface area contributed by atoms with Crippen LogP contribution in [0.25, 0.3) is 0 Å². The molecule has 0 aromatic heterocycles. The lowest BCUT2D eigenvalue weighted by atomic mass is 10.1. The highest BCUT2D eigenvalue weighted by atomic mass is 35.5. The van der Waals surface area contributed by atoms with Crippen LogP contribution in [0.5, 0.6) is 0 Å². The topological polar surface area (TPSA) is 95.8 Å². The minimum absolute atomic E-state index is 0.0102. The third-order valence-corrected chi connectivity index (χ3v) is 5.43. The Hall–Kier alpha value is -2.68. The van der Waals surface area contributed by atoms with Crippen molar-refractivity contribution in [2.45, 2.75) is 6.42 Å². The van der Waals surface area contributed by atoms with Crippen LogP contribution < -0.4 is 5.32 Å². The maximum absolute atomic E-state index is 12.5. The van der Waals surface area contributed by atoms with Gasteiger partial charge in [0.05, 0.1) is 17.9 Å². The van der Waals surface area contributed by atoms with Crippen molar-refractivity contribution in [2.24, 2.45) is 0 Å². The number of nitro groups is 1. The van der Waals surface area contributed by atoms with Gasteiger partial charge in [-0.2, -0.15) is 0 Å². The molecule has 0 saturated carbocycles. The summed E-state index contributed by atoms with van der Waals surface area (Å²) in [4.78, 5) is 39.0. The van der Waals surface area contributed by atoms with Crippen LogP contribution in [-0.4, -0.2) is 59.3 Å². The molecule has 158 valence electrons. The molecule has 2 aromatic rings. The molecule has 30 heavy (non-hydrogen) atoms. The Morgan fingerprint density at radius 2 is 1.77 bits per heavy atom. The number of halogens is 2. The predicted molar refractivity (Wildman–Crippen MR) is 115 cm³/mol. The van der Waals surface area contributed by atoms with Gasteiger partial charge in [-0.1, -0.05) is 41.4 Å². The zero-order valence-electron chi connectivity index (χ0n) is 16.0. The zero-order valence-corrected chi connectivity index (χ0v) is 17.5. The zero-order chi connectivity index (χ0) is 21.7. The van der Waals surface area contributed by atoms with E-state index in [1.165, 1.54) is 18.2 Å². The van der Waals surface area contributed by atoms with Gasteiger partial charge in [0, 0.05) is 42.3 Å². The molecule has 0 atom stereocenters. The van der Waals surface area contributed by atoms with Gasteiger partial charge in [0.25, 0.3) is 5.69 Å². The second-order valence-electron chi connectivity index (χ2n) is 6.89. The van der Waals surface area contributed by atoms with Gasteiger partial charge in [0.15, 0.2) is 0 Å². The number of anilines is 1. The number of carbonyl (C=O) groups is 2.